The highest BCUT2D eigenvalue weighted by Crippen LogP contribution is 2.14. The molecule has 0 unspecified atom stereocenters. The minimum atomic E-state index is 0.344. The smallest absolute Gasteiger partial charge is 0.0474 e. The van der Waals surface area contributed by atoms with E-state index in [0.29, 0.717) is 5.41 Å². The Labute approximate surface area is 88.8 Å². The third kappa shape index (κ3) is 7.30. The van der Waals surface area contributed by atoms with E-state index < -0.39 is 0 Å². The molecule has 0 heterocycles. The van der Waals surface area contributed by atoms with Gasteiger partial charge in [0.15, 0.2) is 0 Å². The van der Waals surface area contributed by atoms with Gasteiger partial charge in [0.2, 0.25) is 0 Å². The Balaban J connectivity index is 3.63. The molecule has 0 bridgehead atoms. The van der Waals surface area contributed by atoms with Gasteiger partial charge in [-0.1, -0.05) is 13.8 Å². The molecule has 0 spiro atoms. The molecular weight excluding hydrogens is 176 g/mol. The molecule has 0 saturated carbocycles. The molecule has 3 nitrogen and oxygen atoms in total. The highest BCUT2D eigenvalue weighted by Gasteiger charge is 2.18. The summed E-state index contributed by atoms with van der Waals surface area (Å²) in [6.07, 6.45) is 1.11. The quantitative estimate of drug-likeness (QED) is 0.599. The van der Waals surface area contributed by atoms with Crippen molar-refractivity contribution in [3.05, 3.63) is 0 Å². The minimum Gasteiger partial charge on any atom is -0.385 e. The monoisotopic (exact) mass is 202 g/mol. The molecule has 0 atom stereocenters. The average molecular weight is 202 g/mol. The second kappa shape index (κ2) is 7.21. The van der Waals surface area contributed by atoms with Crippen LogP contribution in [0, 0.1) is 5.41 Å². The second-order valence-electron chi connectivity index (χ2n) is 4.78. The van der Waals surface area contributed by atoms with Crippen LogP contribution in [0.2, 0.25) is 0 Å². The first kappa shape index (κ1) is 13.9. The first-order chi connectivity index (χ1) is 6.52. The molecule has 0 radical (unpaired) electrons. The SMILES string of the molecule is CNCC(C)(C)CN(C)CCCOC. The van der Waals surface area contributed by atoms with Crippen LogP contribution >= 0.6 is 0 Å². The van der Waals surface area contributed by atoms with Gasteiger partial charge in [0.05, 0.1) is 0 Å². The van der Waals surface area contributed by atoms with Gasteiger partial charge in [-0.3, -0.25) is 0 Å². The van der Waals surface area contributed by atoms with Crippen LogP contribution in [0.1, 0.15) is 20.3 Å². The summed E-state index contributed by atoms with van der Waals surface area (Å²) in [6, 6.07) is 0. The van der Waals surface area contributed by atoms with Gasteiger partial charge in [-0.15, -0.1) is 0 Å². The van der Waals surface area contributed by atoms with Crippen LogP contribution in [0.3, 0.4) is 0 Å². The van der Waals surface area contributed by atoms with Crippen molar-refractivity contribution < 1.29 is 4.74 Å². The molecule has 0 amide bonds. The molecule has 0 aromatic heterocycles. The lowest BCUT2D eigenvalue weighted by molar-refractivity contribution is 0.160. The molecule has 0 rings (SSSR count). The highest BCUT2D eigenvalue weighted by atomic mass is 16.5. The van der Waals surface area contributed by atoms with Crippen molar-refractivity contribution in [2.24, 2.45) is 5.41 Å². The fourth-order valence-corrected chi connectivity index (χ4v) is 1.82. The molecule has 0 aliphatic rings. The largest absolute Gasteiger partial charge is 0.385 e. The van der Waals surface area contributed by atoms with Crippen molar-refractivity contribution in [2.45, 2.75) is 20.3 Å². The topological polar surface area (TPSA) is 24.5 Å². The van der Waals surface area contributed by atoms with Crippen LogP contribution in [0.5, 0.6) is 0 Å². The van der Waals surface area contributed by atoms with Crippen molar-refractivity contribution >= 4 is 0 Å². The highest BCUT2D eigenvalue weighted by molar-refractivity contribution is 4.74. The van der Waals surface area contributed by atoms with E-state index in [-0.39, 0.29) is 0 Å². The molecule has 0 aromatic rings. The summed E-state index contributed by atoms with van der Waals surface area (Å²) < 4.78 is 5.03. The number of methoxy groups -OCH3 is 1. The van der Waals surface area contributed by atoms with Crippen LogP contribution in [-0.2, 0) is 4.74 Å². The summed E-state index contributed by atoms with van der Waals surface area (Å²) in [5.74, 6) is 0. The maximum Gasteiger partial charge on any atom is 0.0474 e. The van der Waals surface area contributed by atoms with Gasteiger partial charge in [0, 0.05) is 33.4 Å². The normalized spacial score (nSPS) is 12.4. The van der Waals surface area contributed by atoms with Crippen LogP contribution in [-0.4, -0.2) is 52.3 Å². The van der Waals surface area contributed by atoms with Crippen LogP contribution in [0.15, 0.2) is 0 Å². The van der Waals surface area contributed by atoms with Crippen molar-refractivity contribution in [3.63, 3.8) is 0 Å². The van der Waals surface area contributed by atoms with Gasteiger partial charge < -0.3 is 15.0 Å². The van der Waals surface area contributed by atoms with Crippen LogP contribution in [0.4, 0.5) is 0 Å². The Kier molecular flexibility index (Phi) is 7.15. The Morgan fingerprint density at radius 2 is 2.00 bits per heavy atom. The third-order valence-electron chi connectivity index (χ3n) is 2.24. The zero-order valence-electron chi connectivity index (χ0n) is 10.4. The first-order valence-electron chi connectivity index (χ1n) is 5.34. The maximum absolute atomic E-state index is 5.03. The number of hydrogen-bond donors (Lipinski definition) is 1. The zero-order chi connectivity index (χ0) is 11.0. The van der Waals surface area contributed by atoms with E-state index in [4.69, 9.17) is 4.74 Å². The van der Waals surface area contributed by atoms with E-state index >= 15 is 0 Å². The lowest BCUT2D eigenvalue weighted by atomic mass is 9.93. The summed E-state index contributed by atoms with van der Waals surface area (Å²) in [5.41, 5.74) is 0.344. The second-order valence-corrected chi connectivity index (χ2v) is 4.78. The molecule has 3 heteroatoms. The van der Waals surface area contributed by atoms with E-state index in [0.717, 1.165) is 32.7 Å². The lowest BCUT2D eigenvalue weighted by Gasteiger charge is -2.30. The third-order valence-corrected chi connectivity index (χ3v) is 2.24. The van der Waals surface area contributed by atoms with Crippen molar-refractivity contribution in [1.82, 2.24) is 10.2 Å². The number of rotatable bonds is 8. The van der Waals surface area contributed by atoms with Crippen molar-refractivity contribution in [1.29, 1.82) is 0 Å². The van der Waals surface area contributed by atoms with Crippen molar-refractivity contribution in [3.8, 4) is 0 Å². The standard InChI is InChI=1S/C11H26N2O/c1-11(2,9-12-3)10-13(4)7-6-8-14-5/h12H,6-10H2,1-5H3. The summed E-state index contributed by atoms with van der Waals surface area (Å²) in [6.45, 7) is 8.73. The van der Waals surface area contributed by atoms with E-state index in [2.05, 4.69) is 31.1 Å². The first-order valence-corrected chi connectivity index (χ1v) is 5.34. The fourth-order valence-electron chi connectivity index (χ4n) is 1.82. The Morgan fingerprint density at radius 1 is 1.36 bits per heavy atom. The molecule has 0 aliphatic carbocycles. The van der Waals surface area contributed by atoms with Gasteiger partial charge in [-0.2, -0.15) is 0 Å². The Morgan fingerprint density at radius 3 is 2.50 bits per heavy atom. The lowest BCUT2D eigenvalue weighted by Crippen LogP contribution is -2.38. The molecule has 0 aliphatic heterocycles. The van der Waals surface area contributed by atoms with Crippen molar-refractivity contribution in [2.75, 3.05) is 47.4 Å². The molecule has 0 aromatic carbocycles. The van der Waals surface area contributed by atoms with E-state index in [1.165, 1.54) is 0 Å². The summed E-state index contributed by atoms with van der Waals surface area (Å²) in [4.78, 5) is 2.37. The maximum atomic E-state index is 5.03. The van der Waals surface area contributed by atoms with E-state index in [1.807, 2.05) is 7.05 Å². The molecule has 14 heavy (non-hydrogen) atoms. The number of nitrogens with one attached hydrogen (secondary N) is 1. The molecule has 86 valence electrons. The number of ether oxygens (including phenoxy) is 1. The average Bonchev–Trinajstić information content (AvgIpc) is 2.03. The van der Waals surface area contributed by atoms with Gasteiger partial charge in [0.25, 0.3) is 0 Å². The summed E-state index contributed by atoms with van der Waals surface area (Å²) in [5, 5.41) is 3.23. The van der Waals surface area contributed by atoms with Gasteiger partial charge in [-0.25, -0.2) is 0 Å². The molecule has 0 saturated heterocycles. The van der Waals surface area contributed by atoms with Crippen LogP contribution < -0.4 is 5.32 Å². The van der Waals surface area contributed by atoms with Gasteiger partial charge >= 0.3 is 0 Å². The number of hydrogen-bond acceptors (Lipinski definition) is 3. The van der Waals surface area contributed by atoms with Crippen LogP contribution in [0.25, 0.3) is 0 Å². The predicted octanol–water partition coefficient (Wildman–Crippen LogP) is 1.20. The molecule has 1 N–H and O–H groups in total. The number of nitrogens with zero attached hydrogens (tertiary/aromatic N) is 1. The van der Waals surface area contributed by atoms with Gasteiger partial charge in [-0.05, 0) is 25.9 Å². The predicted molar refractivity (Wildman–Crippen MR) is 61.7 cm³/mol. The van der Waals surface area contributed by atoms with Gasteiger partial charge in [0.1, 0.15) is 0 Å². The molecule has 0 fully saturated rings. The summed E-state index contributed by atoms with van der Waals surface area (Å²) >= 11 is 0. The van der Waals surface area contributed by atoms with E-state index in [1.54, 1.807) is 7.11 Å². The molecular formula is C11H26N2O. The zero-order valence-corrected chi connectivity index (χ0v) is 10.4. The Bertz CT molecular complexity index is 137. The van der Waals surface area contributed by atoms with E-state index in [9.17, 15) is 0 Å². The fraction of sp³-hybridized carbons (Fsp3) is 1.00. The summed E-state index contributed by atoms with van der Waals surface area (Å²) in [7, 11) is 5.94. The Hall–Kier alpha value is -0.120. The minimum absolute atomic E-state index is 0.344.